The molecule has 0 saturated heterocycles. The fourth-order valence-corrected chi connectivity index (χ4v) is 4.06. The van der Waals surface area contributed by atoms with Gasteiger partial charge < -0.3 is 5.32 Å². The van der Waals surface area contributed by atoms with Crippen LogP contribution in [0.2, 0.25) is 5.02 Å². The number of nitrogens with zero attached hydrogens (tertiary/aromatic N) is 4. The number of pyridine rings is 1. The number of aromatic nitrogens is 5. The number of benzene rings is 2. The zero-order valence-electron chi connectivity index (χ0n) is 13.6. The van der Waals surface area contributed by atoms with Crippen molar-refractivity contribution in [2.45, 2.75) is 0 Å². The van der Waals surface area contributed by atoms with E-state index in [1.165, 1.54) is 12.1 Å². The van der Waals surface area contributed by atoms with E-state index in [-0.39, 0.29) is 0 Å². The summed E-state index contributed by atoms with van der Waals surface area (Å²) >= 11 is 7.55. The Morgan fingerprint density at radius 2 is 1.93 bits per heavy atom. The van der Waals surface area contributed by atoms with Gasteiger partial charge in [0.25, 0.3) is 0 Å². The molecule has 0 unspecified atom stereocenters. The molecule has 6 nitrogen and oxygen atoms in total. The van der Waals surface area contributed by atoms with Gasteiger partial charge in [-0.2, -0.15) is 11.3 Å². The molecular weight excluding hydrogens is 387 g/mol. The molecule has 0 aliphatic carbocycles. The average molecular weight is 397 g/mol. The number of hydrogen-bond donors (Lipinski definition) is 2. The molecule has 2 N–H and O–H groups in total. The van der Waals surface area contributed by atoms with E-state index in [0.717, 1.165) is 27.2 Å². The van der Waals surface area contributed by atoms with Crippen LogP contribution in [0, 0.1) is 5.82 Å². The second-order valence-electron chi connectivity index (χ2n) is 5.92. The number of nitrogens with one attached hydrogen (secondary N) is 2. The summed E-state index contributed by atoms with van der Waals surface area (Å²) in [5, 5.41) is 24.5. The molecule has 0 spiro atoms. The van der Waals surface area contributed by atoms with Gasteiger partial charge in [-0.3, -0.25) is 0 Å². The highest BCUT2D eigenvalue weighted by Crippen LogP contribution is 2.35. The van der Waals surface area contributed by atoms with Crippen molar-refractivity contribution in [1.82, 2.24) is 25.6 Å². The maximum absolute atomic E-state index is 13.7. The molecule has 5 rings (SSSR count). The molecule has 0 aliphatic rings. The molecule has 0 aliphatic heterocycles. The third-order valence-corrected chi connectivity index (χ3v) is 5.14. The van der Waals surface area contributed by atoms with E-state index < -0.39 is 5.82 Å². The van der Waals surface area contributed by atoms with Gasteiger partial charge in [-0.1, -0.05) is 23.7 Å². The van der Waals surface area contributed by atoms with E-state index >= 15 is 0 Å². The van der Waals surface area contributed by atoms with Crippen LogP contribution in [-0.4, -0.2) is 25.6 Å². The molecule has 0 fully saturated rings. The fraction of sp³-hybridized carbons (Fsp3) is 0. The van der Waals surface area contributed by atoms with Gasteiger partial charge in [-0.05, 0) is 40.1 Å². The third-order valence-electron chi connectivity index (χ3n) is 4.18. The van der Waals surface area contributed by atoms with Crippen molar-refractivity contribution in [3.63, 3.8) is 0 Å². The molecule has 0 saturated carbocycles. The standard InChI is InChI=1S/C18H10ClFN6S/c19-10-4-11(20)6-12(5-10)21-18-15-8-27-7-14(15)13-2-1-9(3-16(13)22-18)17-23-25-26-24-17/h1-8H,(H,21,22)(H,23,24,25,26). The highest BCUT2D eigenvalue weighted by molar-refractivity contribution is 7.09. The van der Waals surface area contributed by atoms with E-state index in [1.54, 1.807) is 17.4 Å². The van der Waals surface area contributed by atoms with Crippen molar-refractivity contribution >= 4 is 56.1 Å². The first-order valence-electron chi connectivity index (χ1n) is 7.94. The molecule has 0 atom stereocenters. The van der Waals surface area contributed by atoms with E-state index in [2.05, 4.69) is 31.3 Å². The smallest absolute Gasteiger partial charge is 0.179 e. The maximum Gasteiger partial charge on any atom is 0.179 e. The van der Waals surface area contributed by atoms with Gasteiger partial charge in [-0.25, -0.2) is 14.5 Å². The van der Waals surface area contributed by atoms with E-state index in [4.69, 9.17) is 16.6 Å². The van der Waals surface area contributed by atoms with Gasteiger partial charge in [0.05, 0.1) is 5.52 Å². The summed E-state index contributed by atoms with van der Waals surface area (Å²) in [5.41, 5.74) is 2.14. The second-order valence-corrected chi connectivity index (χ2v) is 7.10. The van der Waals surface area contributed by atoms with Crippen molar-refractivity contribution in [1.29, 1.82) is 0 Å². The minimum absolute atomic E-state index is 0.319. The SMILES string of the molecule is Fc1cc(Cl)cc(Nc2nc3cc(-c4nnn[nH]4)ccc3c3cscc23)c1. The molecule has 27 heavy (non-hydrogen) atoms. The first kappa shape index (κ1) is 16.1. The predicted molar refractivity (Wildman–Crippen MR) is 105 cm³/mol. The molecule has 0 bridgehead atoms. The van der Waals surface area contributed by atoms with Gasteiger partial charge in [0, 0.05) is 37.8 Å². The van der Waals surface area contributed by atoms with Crippen molar-refractivity contribution in [2.75, 3.05) is 5.32 Å². The number of aromatic amines is 1. The van der Waals surface area contributed by atoms with Gasteiger partial charge >= 0.3 is 0 Å². The fourth-order valence-electron chi connectivity index (χ4n) is 3.01. The Bertz CT molecular complexity index is 1260. The number of fused-ring (bicyclic) bond motifs is 3. The molecule has 0 radical (unpaired) electrons. The van der Waals surface area contributed by atoms with Crippen LogP contribution in [0.3, 0.4) is 0 Å². The Morgan fingerprint density at radius 3 is 2.74 bits per heavy atom. The number of halogens is 2. The number of thiophene rings is 1. The molecule has 5 aromatic rings. The number of anilines is 2. The Balaban J connectivity index is 1.69. The van der Waals surface area contributed by atoms with Crippen LogP contribution in [0.1, 0.15) is 0 Å². The van der Waals surface area contributed by atoms with Crippen molar-refractivity contribution in [3.05, 3.63) is 58.0 Å². The summed E-state index contributed by atoms with van der Waals surface area (Å²) < 4.78 is 13.7. The van der Waals surface area contributed by atoms with Crippen molar-refractivity contribution in [2.24, 2.45) is 0 Å². The quantitative estimate of drug-likeness (QED) is 0.440. The number of rotatable bonds is 3. The zero-order valence-corrected chi connectivity index (χ0v) is 15.1. The lowest BCUT2D eigenvalue weighted by Gasteiger charge is -2.10. The number of tetrazole rings is 1. The second kappa shape index (κ2) is 6.26. The first-order chi connectivity index (χ1) is 13.2. The summed E-state index contributed by atoms with van der Waals surface area (Å²) in [7, 11) is 0. The van der Waals surface area contributed by atoms with Crippen molar-refractivity contribution in [3.8, 4) is 11.4 Å². The molecule has 2 aromatic carbocycles. The van der Waals surface area contributed by atoms with Gasteiger partial charge in [-0.15, -0.1) is 5.10 Å². The molecule has 3 heterocycles. The molecule has 9 heteroatoms. The topological polar surface area (TPSA) is 79.4 Å². The van der Waals surface area contributed by atoms with E-state index in [9.17, 15) is 4.39 Å². The molecule has 0 amide bonds. The van der Waals surface area contributed by atoms with Crippen LogP contribution in [-0.2, 0) is 0 Å². The Labute approximate surface area is 161 Å². The summed E-state index contributed by atoms with van der Waals surface area (Å²) in [6, 6.07) is 10.2. The Hall–Kier alpha value is -3.10. The van der Waals surface area contributed by atoms with Crippen LogP contribution in [0.15, 0.2) is 47.2 Å². The van der Waals surface area contributed by atoms with E-state index in [1.807, 2.05) is 23.6 Å². The normalized spacial score (nSPS) is 11.3. The number of hydrogen-bond acceptors (Lipinski definition) is 6. The average Bonchev–Trinajstić information content (AvgIpc) is 3.33. The zero-order chi connectivity index (χ0) is 18.4. The number of H-pyrrole nitrogens is 1. The van der Waals surface area contributed by atoms with Gasteiger partial charge in [0.2, 0.25) is 0 Å². The van der Waals surface area contributed by atoms with Gasteiger partial charge in [0.1, 0.15) is 11.6 Å². The first-order valence-corrected chi connectivity index (χ1v) is 9.26. The third kappa shape index (κ3) is 2.88. The lowest BCUT2D eigenvalue weighted by molar-refractivity contribution is 0.628. The lowest BCUT2D eigenvalue weighted by Crippen LogP contribution is -1.96. The largest absolute Gasteiger partial charge is 0.340 e. The monoisotopic (exact) mass is 396 g/mol. The summed E-state index contributed by atoms with van der Waals surface area (Å²) in [6.07, 6.45) is 0. The Kier molecular flexibility index (Phi) is 3.73. The van der Waals surface area contributed by atoms with Crippen LogP contribution >= 0.6 is 22.9 Å². The minimum Gasteiger partial charge on any atom is -0.340 e. The maximum atomic E-state index is 13.7. The van der Waals surface area contributed by atoms with Gasteiger partial charge in [0.15, 0.2) is 5.82 Å². The minimum atomic E-state index is -0.410. The molecule has 132 valence electrons. The highest BCUT2D eigenvalue weighted by atomic mass is 35.5. The lowest BCUT2D eigenvalue weighted by atomic mass is 10.1. The van der Waals surface area contributed by atoms with E-state index in [0.29, 0.717) is 22.4 Å². The summed E-state index contributed by atoms with van der Waals surface area (Å²) in [5.74, 6) is 0.788. The molecule has 3 aromatic heterocycles. The summed E-state index contributed by atoms with van der Waals surface area (Å²) in [6.45, 7) is 0. The van der Waals surface area contributed by atoms with Crippen LogP contribution in [0.4, 0.5) is 15.9 Å². The van der Waals surface area contributed by atoms with Crippen LogP contribution in [0.25, 0.3) is 33.1 Å². The Morgan fingerprint density at radius 1 is 1.04 bits per heavy atom. The highest BCUT2D eigenvalue weighted by Gasteiger charge is 2.12. The van der Waals surface area contributed by atoms with Crippen LogP contribution < -0.4 is 5.32 Å². The molecular formula is C18H10ClFN6S. The van der Waals surface area contributed by atoms with Crippen LogP contribution in [0.5, 0.6) is 0 Å². The summed E-state index contributed by atoms with van der Waals surface area (Å²) in [4.78, 5) is 4.75. The predicted octanol–water partition coefficient (Wildman–Crippen LogP) is 5.17. The van der Waals surface area contributed by atoms with Crippen molar-refractivity contribution < 1.29 is 4.39 Å².